The van der Waals surface area contributed by atoms with Crippen molar-refractivity contribution in [2.45, 2.75) is 26.7 Å². The van der Waals surface area contributed by atoms with Crippen molar-refractivity contribution in [3.8, 4) is 0 Å². The molecule has 17 heavy (non-hydrogen) atoms. The minimum atomic E-state index is -0.239. The molecule has 0 N–H and O–H groups in total. The van der Waals surface area contributed by atoms with Gasteiger partial charge in [0.05, 0.1) is 26.1 Å². The van der Waals surface area contributed by atoms with Gasteiger partial charge in [-0.25, -0.2) is 0 Å². The molecule has 0 spiro atoms. The van der Waals surface area contributed by atoms with Crippen LogP contribution >= 0.6 is 11.3 Å². The van der Waals surface area contributed by atoms with Crippen LogP contribution < -0.4 is 0 Å². The van der Waals surface area contributed by atoms with Gasteiger partial charge < -0.3 is 9.47 Å². The standard InChI is InChI=1S/C12H16O4S/c1-3-15-11(13)7-9-5-6-10(17-9)8-12(14)16-4-2/h5-6H,3-4,7-8H2,1-2H3. The fourth-order valence-electron chi connectivity index (χ4n) is 1.32. The Hall–Kier alpha value is -1.36. The van der Waals surface area contributed by atoms with Gasteiger partial charge in [-0.1, -0.05) is 0 Å². The summed E-state index contributed by atoms with van der Waals surface area (Å²) in [6, 6.07) is 3.69. The highest BCUT2D eigenvalue weighted by atomic mass is 32.1. The Balaban J connectivity index is 2.47. The van der Waals surface area contributed by atoms with E-state index in [1.807, 2.05) is 12.1 Å². The minimum absolute atomic E-state index is 0.239. The molecule has 1 heterocycles. The second kappa shape index (κ2) is 7.06. The van der Waals surface area contributed by atoms with Gasteiger partial charge in [0.1, 0.15) is 0 Å². The fraction of sp³-hybridized carbons (Fsp3) is 0.500. The van der Waals surface area contributed by atoms with E-state index < -0.39 is 0 Å². The van der Waals surface area contributed by atoms with E-state index in [1.165, 1.54) is 11.3 Å². The Morgan fingerprint density at radius 3 is 1.76 bits per heavy atom. The van der Waals surface area contributed by atoms with Gasteiger partial charge in [0, 0.05) is 9.75 Å². The molecule has 1 rings (SSSR count). The SMILES string of the molecule is CCOC(=O)Cc1ccc(CC(=O)OCC)s1. The zero-order chi connectivity index (χ0) is 12.7. The number of hydrogen-bond donors (Lipinski definition) is 0. The van der Waals surface area contributed by atoms with Crippen LogP contribution in [0.4, 0.5) is 0 Å². The lowest BCUT2D eigenvalue weighted by molar-refractivity contribution is -0.143. The molecule has 5 heteroatoms. The summed E-state index contributed by atoms with van der Waals surface area (Å²) in [7, 11) is 0. The average molecular weight is 256 g/mol. The molecule has 0 saturated carbocycles. The normalized spacial score (nSPS) is 10.0. The lowest BCUT2D eigenvalue weighted by atomic mass is 10.3. The highest BCUT2D eigenvalue weighted by molar-refractivity contribution is 7.12. The van der Waals surface area contributed by atoms with Gasteiger partial charge in [-0.3, -0.25) is 9.59 Å². The Morgan fingerprint density at radius 2 is 1.41 bits per heavy atom. The molecule has 0 aliphatic carbocycles. The quantitative estimate of drug-likeness (QED) is 0.730. The molecular weight excluding hydrogens is 240 g/mol. The molecule has 0 aliphatic rings. The third kappa shape index (κ3) is 4.99. The van der Waals surface area contributed by atoms with E-state index in [0.29, 0.717) is 13.2 Å². The molecule has 0 unspecified atom stereocenters. The van der Waals surface area contributed by atoms with Gasteiger partial charge in [-0.2, -0.15) is 0 Å². The van der Waals surface area contributed by atoms with Crippen LogP contribution in [0.15, 0.2) is 12.1 Å². The number of esters is 2. The van der Waals surface area contributed by atoms with E-state index in [0.717, 1.165) is 9.75 Å². The zero-order valence-corrected chi connectivity index (χ0v) is 10.8. The highest BCUT2D eigenvalue weighted by Crippen LogP contribution is 2.18. The average Bonchev–Trinajstić information content (AvgIpc) is 2.66. The van der Waals surface area contributed by atoms with Gasteiger partial charge in [0.25, 0.3) is 0 Å². The topological polar surface area (TPSA) is 52.6 Å². The molecular formula is C12H16O4S. The first-order chi connectivity index (χ1) is 8.15. The Labute approximate surface area is 105 Å². The first kappa shape index (κ1) is 13.7. The molecule has 0 amide bonds. The van der Waals surface area contributed by atoms with Crippen LogP contribution in [0.1, 0.15) is 23.6 Å². The van der Waals surface area contributed by atoms with Crippen molar-refractivity contribution in [1.82, 2.24) is 0 Å². The number of carbonyl (C=O) groups excluding carboxylic acids is 2. The summed E-state index contributed by atoms with van der Waals surface area (Å²) in [5, 5.41) is 0. The summed E-state index contributed by atoms with van der Waals surface area (Å²) in [4.78, 5) is 24.3. The van der Waals surface area contributed by atoms with Crippen molar-refractivity contribution in [2.24, 2.45) is 0 Å². The van der Waals surface area contributed by atoms with Crippen LogP contribution in [0.25, 0.3) is 0 Å². The summed E-state index contributed by atoms with van der Waals surface area (Å²) in [5.74, 6) is -0.478. The predicted octanol–water partition coefficient (Wildman–Crippen LogP) is 1.96. The van der Waals surface area contributed by atoms with Crippen LogP contribution in [0.5, 0.6) is 0 Å². The lowest BCUT2D eigenvalue weighted by Gasteiger charge is -1.99. The molecule has 0 radical (unpaired) electrons. The lowest BCUT2D eigenvalue weighted by Crippen LogP contribution is -2.06. The van der Waals surface area contributed by atoms with Crippen molar-refractivity contribution >= 4 is 23.3 Å². The summed E-state index contributed by atoms with van der Waals surface area (Å²) in [5.41, 5.74) is 0. The molecule has 0 atom stereocenters. The molecule has 0 fully saturated rings. The Kier molecular flexibility index (Phi) is 5.69. The molecule has 1 aromatic rings. The maximum absolute atomic E-state index is 11.2. The van der Waals surface area contributed by atoms with Gasteiger partial charge in [-0.15, -0.1) is 11.3 Å². The van der Waals surface area contributed by atoms with Crippen LogP contribution in [0, 0.1) is 0 Å². The van der Waals surface area contributed by atoms with Crippen LogP contribution in [0.2, 0.25) is 0 Å². The third-order valence-corrected chi connectivity index (χ3v) is 3.05. The fourth-order valence-corrected chi connectivity index (χ4v) is 2.31. The maximum Gasteiger partial charge on any atom is 0.311 e. The van der Waals surface area contributed by atoms with Crippen molar-refractivity contribution in [2.75, 3.05) is 13.2 Å². The van der Waals surface area contributed by atoms with Crippen molar-refractivity contribution in [3.05, 3.63) is 21.9 Å². The van der Waals surface area contributed by atoms with Gasteiger partial charge in [0.15, 0.2) is 0 Å². The smallest absolute Gasteiger partial charge is 0.311 e. The largest absolute Gasteiger partial charge is 0.466 e. The zero-order valence-electron chi connectivity index (χ0n) is 10.0. The summed E-state index contributed by atoms with van der Waals surface area (Å²) < 4.78 is 9.70. The first-order valence-corrected chi connectivity index (χ1v) is 6.36. The van der Waals surface area contributed by atoms with Crippen molar-refractivity contribution < 1.29 is 19.1 Å². The molecule has 0 aromatic carbocycles. The van der Waals surface area contributed by atoms with Crippen molar-refractivity contribution in [3.63, 3.8) is 0 Å². The number of hydrogen-bond acceptors (Lipinski definition) is 5. The van der Waals surface area contributed by atoms with Crippen LogP contribution in [-0.4, -0.2) is 25.2 Å². The van der Waals surface area contributed by atoms with E-state index in [9.17, 15) is 9.59 Å². The molecule has 0 saturated heterocycles. The van der Waals surface area contributed by atoms with Crippen LogP contribution in [-0.2, 0) is 31.9 Å². The highest BCUT2D eigenvalue weighted by Gasteiger charge is 2.10. The first-order valence-electron chi connectivity index (χ1n) is 5.54. The monoisotopic (exact) mass is 256 g/mol. The summed E-state index contributed by atoms with van der Waals surface area (Å²) >= 11 is 1.44. The predicted molar refractivity (Wildman–Crippen MR) is 65.0 cm³/mol. The molecule has 1 aromatic heterocycles. The van der Waals surface area contributed by atoms with Gasteiger partial charge in [0.2, 0.25) is 0 Å². The molecule has 0 bridgehead atoms. The number of ether oxygens (including phenoxy) is 2. The maximum atomic E-state index is 11.2. The second-order valence-corrected chi connectivity index (χ2v) is 4.58. The number of carbonyl (C=O) groups is 2. The second-order valence-electron chi connectivity index (χ2n) is 3.33. The number of rotatable bonds is 6. The summed E-state index contributed by atoms with van der Waals surface area (Å²) in [6.45, 7) is 4.33. The molecule has 94 valence electrons. The van der Waals surface area contributed by atoms with E-state index in [-0.39, 0.29) is 24.8 Å². The van der Waals surface area contributed by atoms with Gasteiger partial charge in [-0.05, 0) is 26.0 Å². The van der Waals surface area contributed by atoms with E-state index in [2.05, 4.69) is 0 Å². The van der Waals surface area contributed by atoms with E-state index in [4.69, 9.17) is 9.47 Å². The summed E-state index contributed by atoms with van der Waals surface area (Å²) in [6.07, 6.45) is 0.530. The number of thiophene rings is 1. The molecule has 4 nitrogen and oxygen atoms in total. The van der Waals surface area contributed by atoms with E-state index >= 15 is 0 Å². The van der Waals surface area contributed by atoms with Crippen molar-refractivity contribution in [1.29, 1.82) is 0 Å². The Morgan fingerprint density at radius 1 is 1.00 bits per heavy atom. The van der Waals surface area contributed by atoms with Gasteiger partial charge >= 0.3 is 11.9 Å². The van der Waals surface area contributed by atoms with Crippen LogP contribution in [0.3, 0.4) is 0 Å². The third-order valence-electron chi connectivity index (χ3n) is 1.97. The van der Waals surface area contributed by atoms with E-state index in [1.54, 1.807) is 13.8 Å². The minimum Gasteiger partial charge on any atom is -0.466 e. The molecule has 0 aliphatic heterocycles. The Bertz CT molecular complexity index is 349.